The summed E-state index contributed by atoms with van der Waals surface area (Å²) in [6, 6.07) is 2.68. The summed E-state index contributed by atoms with van der Waals surface area (Å²) in [6.07, 6.45) is 5.01. The van der Waals surface area contributed by atoms with E-state index < -0.39 is 0 Å². The third kappa shape index (κ3) is 3.03. The van der Waals surface area contributed by atoms with Crippen LogP contribution >= 0.6 is 0 Å². The van der Waals surface area contributed by atoms with Gasteiger partial charge in [0.2, 0.25) is 0 Å². The van der Waals surface area contributed by atoms with Gasteiger partial charge in [-0.2, -0.15) is 0 Å². The van der Waals surface area contributed by atoms with Gasteiger partial charge in [0.15, 0.2) is 0 Å². The Bertz CT molecular complexity index is 296. The summed E-state index contributed by atoms with van der Waals surface area (Å²) >= 11 is 0. The van der Waals surface area contributed by atoms with Crippen molar-refractivity contribution in [1.29, 1.82) is 0 Å². The fourth-order valence-electron chi connectivity index (χ4n) is 2.21. The molecule has 0 aliphatic rings. The molecular weight excluding hydrogens is 184 g/mol. The smallest absolute Gasteiger partial charge is 0.0299 e. The number of rotatable bonds is 5. The van der Waals surface area contributed by atoms with Crippen LogP contribution in [0.4, 0.5) is 0 Å². The molecule has 0 saturated carbocycles. The summed E-state index contributed by atoms with van der Waals surface area (Å²) in [4.78, 5) is 4.15. The van der Waals surface area contributed by atoms with Gasteiger partial charge in [-0.25, -0.2) is 0 Å². The molecule has 1 N–H and O–H groups in total. The molecule has 0 saturated heterocycles. The van der Waals surface area contributed by atoms with Crippen LogP contribution in [0.15, 0.2) is 18.5 Å². The number of hydrogen-bond donors (Lipinski definition) is 1. The normalized spacial score (nSPS) is 14.9. The summed E-state index contributed by atoms with van der Waals surface area (Å²) in [5.74, 6) is 0.591. The van der Waals surface area contributed by atoms with Gasteiger partial charge in [0.1, 0.15) is 0 Å². The van der Waals surface area contributed by atoms with E-state index in [1.54, 1.807) is 0 Å². The highest BCUT2D eigenvalue weighted by molar-refractivity contribution is 5.27. The van der Waals surface area contributed by atoms with Crippen molar-refractivity contribution in [2.24, 2.45) is 0 Å². The molecule has 84 valence electrons. The Morgan fingerprint density at radius 1 is 1.40 bits per heavy atom. The topological polar surface area (TPSA) is 24.9 Å². The van der Waals surface area contributed by atoms with E-state index in [9.17, 15) is 0 Å². The van der Waals surface area contributed by atoms with Gasteiger partial charge in [0, 0.05) is 18.4 Å². The van der Waals surface area contributed by atoms with Crippen LogP contribution in [0.1, 0.15) is 44.2 Å². The highest BCUT2D eigenvalue weighted by Gasteiger charge is 2.17. The molecule has 0 radical (unpaired) electrons. The minimum absolute atomic E-state index is 0.529. The zero-order valence-corrected chi connectivity index (χ0v) is 10.2. The number of aromatic nitrogens is 1. The van der Waals surface area contributed by atoms with Crippen LogP contribution in [-0.4, -0.2) is 17.6 Å². The number of likely N-dealkylation sites (N-methyl/N-ethyl adjacent to an activating group) is 1. The molecule has 2 nitrogen and oxygen atoms in total. The maximum absolute atomic E-state index is 4.15. The second-order valence-corrected chi connectivity index (χ2v) is 4.09. The standard InChI is InChI=1S/C13H22N2/c1-5-12(11(4)15-6-2)13-7-8-14-9-10(13)3/h7-9,11-12,15H,5-6H2,1-4H3. The maximum Gasteiger partial charge on any atom is 0.0299 e. The molecule has 2 heteroatoms. The second kappa shape index (κ2) is 5.86. The molecule has 0 bridgehead atoms. The van der Waals surface area contributed by atoms with Crippen LogP contribution in [0.3, 0.4) is 0 Å². The van der Waals surface area contributed by atoms with E-state index in [2.05, 4.69) is 44.1 Å². The predicted octanol–water partition coefficient (Wildman–Crippen LogP) is 2.88. The monoisotopic (exact) mass is 206 g/mol. The predicted molar refractivity (Wildman–Crippen MR) is 65.1 cm³/mol. The van der Waals surface area contributed by atoms with Crippen molar-refractivity contribution in [3.8, 4) is 0 Å². The molecule has 1 aromatic rings. The van der Waals surface area contributed by atoms with Crippen LogP contribution in [0.5, 0.6) is 0 Å². The maximum atomic E-state index is 4.15. The zero-order valence-electron chi connectivity index (χ0n) is 10.2. The molecule has 0 spiro atoms. The van der Waals surface area contributed by atoms with Gasteiger partial charge in [-0.1, -0.05) is 13.8 Å². The van der Waals surface area contributed by atoms with Crippen LogP contribution < -0.4 is 5.32 Å². The van der Waals surface area contributed by atoms with E-state index in [0.717, 1.165) is 6.54 Å². The molecule has 1 aromatic heterocycles. The number of nitrogens with zero attached hydrogens (tertiary/aromatic N) is 1. The molecule has 2 unspecified atom stereocenters. The Balaban J connectivity index is 2.87. The second-order valence-electron chi connectivity index (χ2n) is 4.09. The van der Waals surface area contributed by atoms with E-state index in [-0.39, 0.29) is 0 Å². The lowest BCUT2D eigenvalue weighted by atomic mass is 9.88. The first-order valence-electron chi connectivity index (χ1n) is 5.84. The summed E-state index contributed by atoms with van der Waals surface area (Å²) < 4.78 is 0. The largest absolute Gasteiger partial charge is 0.314 e. The highest BCUT2D eigenvalue weighted by atomic mass is 14.9. The first-order valence-corrected chi connectivity index (χ1v) is 5.84. The minimum atomic E-state index is 0.529. The molecule has 0 aliphatic carbocycles. The first-order chi connectivity index (χ1) is 7.20. The molecule has 15 heavy (non-hydrogen) atoms. The van der Waals surface area contributed by atoms with Crippen LogP contribution in [0, 0.1) is 6.92 Å². The van der Waals surface area contributed by atoms with Crippen molar-refractivity contribution in [3.05, 3.63) is 29.6 Å². The Hall–Kier alpha value is -0.890. The number of aryl methyl sites for hydroxylation is 1. The van der Waals surface area contributed by atoms with E-state index >= 15 is 0 Å². The van der Waals surface area contributed by atoms with E-state index in [1.165, 1.54) is 17.5 Å². The Kier molecular flexibility index (Phi) is 4.76. The lowest BCUT2D eigenvalue weighted by Gasteiger charge is -2.25. The fourth-order valence-corrected chi connectivity index (χ4v) is 2.21. The number of hydrogen-bond acceptors (Lipinski definition) is 2. The molecule has 1 heterocycles. The third-order valence-electron chi connectivity index (χ3n) is 3.03. The summed E-state index contributed by atoms with van der Waals surface area (Å²) in [6.45, 7) is 9.84. The van der Waals surface area contributed by atoms with Gasteiger partial charge in [0.25, 0.3) is 0 Å². The van der Waals surface area contributed by atoms with Gasteiger partial charge in [0.05, 0.1) is 0 Å². The number of nitrogens with one attached hydrogen (secondary N) is 1. The molecule has 0 aromatic carbocycles. The zero-order chi connectivity index (χ0) is 11.3. The molecule has 0 amide bonds. The lowest BCUT2D eigenvalue weighted by Crippen LogP contribution is -2.32. The number of pyridine rings is 1. The first kappa shape index (κ1) is 12.2. The molecule has 0 fully saturated rings. The van der Waals surface area contributed by atoms with Crippen molar-refractivity contribution >= 4 is 0 Å². The quantitative estimate of drug-likeness (QED) is 0.801. The van der Waals surface area contributed by atoms with Gasteiger partial charge < -0.3 is 5.32 Å². The molecule has 0 aliphatic heterocycles. The Morgan fingerprint density at radius 3 is 2.67 bits per heavy atom. The lowest BCUT2D eigenvalue weighted by molar-refractivity contribution is 0.458. The Morgan fingerprint density at radius 2 is 2.13 bits per heavy atom. The van der Waals surface area contributed by atoms with Crippen molar-refractivity contribution < 1.29 is 0 Å². The van der Waals surface area contributed by atoms with Crippen molar-refractivity contribution in [2.75, 3.05) is 6.54 Å². The summed E-state index contributed by atoms with van der Waals surface area (Å²) in [7, 11) is 0. The van der Waals surface area contributed by atoms with Crippen LogP contribution in [0.2, 0.25) is 0 Å². The molecular formula is C13H22N2. The highest BCUT2D eigenvalue weighted by Crippen LogP contribution is 2.25. The van der Waals surface area contributed by atoms with Crippen molar-refractivity contribution in [3.63, 3.8) is 0 Å². The van der Waals surface area contributed by atoms with E-state index in [1.807, 2.05) is 12.4 Å². The van der Waals surface area contributed by atoms with Crippen molar-refractivity contribution in [2.45, 2.75) is 46.1 Å². The average Bonchev–Trinajstić information content (AvgIpc) is 2.22. The minimum Gasteiger partial charge on any atom is -0.314 e. The average molecular weight is 206 g/mol. The van der Waals surface area contributed by atoms with Gasteiger partial charge in [-0.05, 0) is 49.9 Å². The van der Waals surface area contributed by atoms with E-state index in [0.29, 0.717) is 12.0 Å². The third-order valence-corrected chi connectivity index (χ3v) is 3.03. The van der Waals surface area contributed by atoms with Crippen LogP contribution in [-0.2, 0) is 0 Å². The SMILES string of the molecule is CCNC(C)C(CC)c1ccncc1C. The van der Waals surface area contributed by atoms with Crippen LogP contribution in [0.25, 0.3) is 0 Å². The Labute approximate surface area is 93.1 Å². The van der Waals surface area contributed by atoms with Crippen molar-refractivity contribution in [1.82, 2.24) is 10.3 Å². The summed E-state index contributed by atoms with van der Waals surface area (Å²) in [5.41, 5.74) is 2.73. The molecule has 1 rings (SSSR count). The van der Waals surface area contributed by atoms with E-state index in [4.69, 9.17) is 0 Å². The molecule has 2 atom stereocenters. The summed E-state index contributed by atoms with van der Waals surface area (Å²) in [5, 5.41) is 3.50. The van der Waals surface area contributed by atoms with Gasteiger partial charge >= 0.3 is 0 Å². The van der Waals surface area contributed by atoms with Gasteiger partial charge in [-0.3, -0.25) is 4.98 Å². The van der Waals surface area contributed by atoms with Gasteiger partial charge in [-0.15, -0.1) is 0 Å². The fraction of sp³-hybridized carbons (Fsp3) is 0.615.